The molecular formula is C24H16ClN5O. The lowest BCUT2D eigenvalue weighted by Crippen LogP contribution is -2.10. The summed E-state index contributed by atoms with van der Waals surface area (Å²) >= 11 is 6.11. The molecule has 150 valence electrons. The monoisotopic (exact) mass is 425 g/mol. The van der Waals surface area contributed by atoms with E-state index in [0.717, 1.165) is 33.3 Å². The Kier molecular flexibility index (Phi) is 4.69. The van der Waals surface area contributed by atoms with Crippen LogP contribution < -0.4 is 5.73 Å². The van der Waals surface area contributed by atoms with E-state index < -0.39 is 5.91 Å². The zero-order chi connectivity index (χ0) is 21.4. The largest absolute Gasteiger partial charge is 0.366 e. The molecule has 2 aromatic heterocycles. The van der Waals surface area contributed by atoms with Crippen molar-refractivity contribution in [3.8, 4) is 33.9 Å². The number of H-pyrrole nitrogens is 1. The summed E-state index contributed by atoms with van der Waals surface area (Å²) in [6.07, 6.45) is 0. The van der Waals surface area contributed by atoms with Gasteiger partial charge in [-0.05, 0) is 30.3 Å². The fraction of sp³-hybridized carbons (Fsp3) is 0. The first kappa shape index (κ1) is 19.0. The van der Waals surface area contributed by atoms with Gasteiger partial charge >= 0.3 is 0 Å². The van der Waals surface area contributed by atoms with E-state index in [-0.39, 0.29) is 0 Å². The smallest absolute Gasteiger partial charge is 0.248 e. The molecular weight excluding hydrogens is 410 g/mol. The van der Waals surface area contributed by atoms with Crippen molar-refractivity contribution >= 4 is 28.3 Å². The fourth-order valence-corrected chi connectivity index (χ4v) is 3.76. The molecule has 0 atom stereocenters. The van der Waals surface area contributed by atoms with Crippen LogP contribution in [0, 0.1) is 0 Å². The van der Waals surface area contributed by atoms with Crippen LogP contribution in [-0.4, -0.2) is 26.3 Å². The number of hydrogen-bond acceptors (Lipinski definition) is 4. The number of hydrogen-bond donors (Lipinski definition) is 2. The van der Waals surface area contributed by atoms with Gasteiger partial charge in [0.1, 0.15) is 11.4 Å². The van der Waals surface area contributed by atoms with Crippen molar-refractivity contribution in [3.63, 3.8) is 0 Å². The summed E-state index contributed by atoms with van der Waals surface area (Å²) in [6.45, 7) is 0. The lowest BCUT2D eigenvalue weighted by molar-refractivity contribution is 0.100. The van der Waals surface area contributed by atoms with Gasteiger partial charge in [0, 0.05) is 32.5 Å². The van der Waals surface area contributed by atoms with Gasteiger partial charge in [-0.2, -0.15) is 5.10 Å². The van der Waals surface area contributed by atoms with E-state index in [4.69, 9.17) is 17.3 Å². The van der Waals surface area contributed by atoms with Crippen LogP contribution in [0.2, 0.25) is 5.02 Å². The number of amides is 1. The number of nitrogens with zero attached hydrogens (tertiary/aromatic N) is 3. The number of fused-ring (bicyclic) bond motifs is 1. The van der Waals surface area contributed by atoms with Crippen LogP contribution in [0.5, 0.6) is 0 Å². The number of nitrogens with one attached hydrogen (secondary N) is 1. The topological polar surface area (TPSA) is 97.6 Å². The Morgan fingerprint density at radius 3 is 2.29 bits per heavy atom. The SMILES string of the molecule is NC(=O)c1cccc(-c2nnc(-c3cc(-c4cccc(Cl)c4)n[nH]3)c3ccccc23)c1. The molecule has 7 heteroatoms. The van der Waals surface area contributed by atoms with E-state index in [1.165, 1.54) is 0 Å². The summed E-state index contributed by atoms with van der Waals surface area (Å²) < 4.78 is 0. The number of aromatic nitrogens is 4. The summed E-state index contributed by atoms with van der Waals surface area (Å²) in [5.41, 5.74) is 10.4. The van der Waals surface area contributed by atoms with Crippen LogP contribution in [0.4, 0.5) is 0 Å². The van der Waals surface area contributed by atoms with Crippen LogP contribution >= 0.6 is 11.6 Å². The molecule has 5 rings (SSSR count). The Hall–Kier alpha value is -4.03. The Morgan fingerprint density at radius 1 is 0.806 bits per heavy atom. The second-order valence-corrected chi connectivity index (χ2v) is 7.50. The minimum Gasteiger partial charge on any atom is -0.366 e. The quantitative estimate of drug-likeness (QED) is 0.418. The second kappa shape index (κ2) is 7.66. The first-order valence-electron chi connectivity index (χ1n) is 9.57. The summed E-state index contributed by atoms with van der Waals surface area (Å²) in [5.74, 6) is -0.485. The van der Waals surface area contributed by atoms with E-state index in [1.807, 2.05) is 60.7 Å². The van der Waals surface area contributed by atoms with E-state index in [2.05, 4.69) is 20.4 Å². The molecule has 0 aliphatic heterocycles. The standard InChI is InChI=1S/C24H16ClN5O/c25-17-8-4-5-14(12-17)20-13-21(28-27-20)23-19-10-2-1-9-18(19)22(29-30-23)15-6-3-7-16(11-15)24(26)31/h1-13H,(H2,26,31)(H,27,28). The summed E-state index contributed by atoms with van der Waals surface area (Å²) in [5, 5.41) is 18.9. The normalized spacial score (nSPS) is 11.0. The number of aromatic amines is 1. The maximum absolute atomic E-state index is 11.6. The maximum atomic E-state index is 11.6. The van der Waals surface area contributed by atoms with Gasteiger partial charge in [0.25, 0.3) is 0 Å². The molecule has 0 aliphatic carbocycles. The van der Waals surface area contributed by atoms with Gasteiger partial charge in [-0.15, -0.1) is 10.2 Å². The molecule has 6 nitrogen and oxygen atoms in total. The van der Waals surface area contributed by atoms with Gasteiger partial charge in [-0.25, -0.2) is 0 Å². The molecule has 0 unspecified atom stereocenters. The third-order valence-corrected chi connectivity index (χ3v) is 5.30. The minimum atomic E-state index is -0.485. The average molecular weight is 426 g/mol. The highest BCUT2D eigenvalue weighted by Gasteiger charge is 2.15. The molecule has 0 saturated heterocycles. The van der Waals surface area contributed by atoms with Gasteiger partial charge in [-0.1, -0.05) is 60.1 Å². The number of halogens is 1. The number of primary amides is 1. The van der Waals surface area contributed by atoms with Crippen molar-refractivity contribution in [2.45, 2.75) is 0 Å². The fourth-order valence-electron chi connectivity index (χ4n) is 3.57. The highest BCUT2D eigenvalue weighted by Crippen LogP contribution is 2.33. The van der Waals surface area contributed by atoms with Crippen LogP contribution in [0.3, 0.4) is 0 Å². The summed E-state index contributed by atoms with van der Waals surface area (Å²) in [7, 11) is 0. The van der Waals surface area contributed by atoms with Gasteiger partial charge in [-0.3, -0.25) is 9.89 Å². The van der Waals surface area contributed by atoms with Crippen LogP contribution in [0.1, 0.15) is 10.4 Å². The maximum Gasteiger partial charge on any atom is 0.248 e. The number of carbonyl (C=O) groups is 1. The number of nitrogens with two attached hydrogens (primary N) is 1. The van der Waals surface area contributed by atoms with Crippen molar-refractivity contribution in [3.05, 3.63) is 89.4 Å². The molecule has 1 amide bonds. The number of benzene rings is 3. The molecule has 0 fully saturated rings. The van der Waals surface area contributed by atoms with E-state index >= 15 is 0 Å². The van der Waals surface area contributed by atoms with Gasteiger partial charge in [0.15, 0.2) is 0 Å². The molecule has 5 aromatic rings. The van der Waals surface area contributed by atoms with Crippen molar-refractivity contribution in [1.29, 1.82) is 0 Å². The van der Waals surface area contributed by atoms with Crippen LogP contribution in [-0.2, 0) is 0 Å². The second-order valence-electron chi connectivity index (χ2n) is 7.07. The predicted molar refractivity (Wildman–Crippen MR) is 122 cm³/mol. The van der Waals surface area contributed by atoms with Crippen molar-refractivity contribution in [2.75, 3.05) is 0 Å². The van der Waals surface area contributed by atoms with Gasteiger partial charge in [0.05, 0.1) is 11.4 Å². The van der Waals surface area contributed by atoms with Crippen molar-refractivity contribution in [2.24, 2.45) is 5.73 Å². The first-order chi connectivity index (χ1) is 15.1. The molecule has 0 bridgehead atoms. The van der Waals surface area contributed by atoms with Gasteiger partial charge in [0.2, 0.25) is 5.91 Å². The summed E-state index contributed by atoms with van der Waals surface area (Å²) in [4.78, 5) is 11.6. The van der Waals surface area contributed by atoms with E-state index in [9.17, 15) is 4.79 Å². The first-order valence-corrected chi connectivity index (χ1v) is 9.95. The Balaban J connectivity index is 1.64. The molecule has 31 heavy (non-hydrogen) atoms. The Bertz CT molecular complexity index is 1440. The van der Waals surface area contributed by atoms with Crippen molar-refractivity contribution < 1.29 is 4.79 Å². The van der Waals surface area contributed by atoms with Gasteiger partial charge < -0.3 is 5.73 Å². The molecule has 0 aliphatic rings. The van der Waals surface area contributed by atoms with Crippen LogP contribution in [0.25, 0.3) is 44.7 Å². The molecule has 0 saturated carbocycles. The molecule has 3 N–H and O–H groups in total. The minimum absolute atomic E-state index is 0.423. The average Bonchev–Trinajstić information content (AvgIpc) is 3.28. The lowest BCUT2D eigenvalue weighted by Gasteiger charge is -2.09. The third-order valence-electron chi connectivity index (χ3n) is 5.06. The summed E-state index contributed by atoms with van der Waals surface area (Å²) in [6, 6.07) is 24.4. The zero-order valence-corrected chi connectivity index (χ0v) is 17.0. The molecule has 0 spiro atoms. The Morgan fingerprint density at radius 2 is 1.52 bits per heavy atom. The highest BCUT2D eigenvalue weighted by molar-refractivity contribution is 6.30. The number of carbonyl (C=O) groups excluding carboxylic acids is 1. The lowest BCUT2D eigenvalue weighted by atomic mass is 10.0. The molecule has 2 heterocycles. The highest BCUT2D eigenvalue weighted by atomic mass is 35.5. The van der Waals surface area contributed by atoms with E-state index in [1.54, 1.807) is 18.2 Å². The zero-order valence-electron chi connectivity index (χ0n) is 16.2. The Labute approximate surface area is 182 Å². The van der Waals surface area contributed by atoms with E-state index in [0.29, 0.717) is 22.0 Å². The molecule has 0 radical (unpaired) electrons. The third kappa shape index (κ3) is 3.53. The predicted octanol–water partition coefficient (Wildman–Crippen LogP) is 5.11. The molecule has 3 aromatic carbocycles. The van der Waals surface area contributed by atoms with Crippen molar-refractivity contribution in [1.82, 2.24) is 20.4 Å². The van der Waals surface area contributed by atoms with Crippen LogP contribution in [0.15, 0.2) is 78.9 Å². The number of rotatable bonds is 4.